The van der Waals surface area contributed by atoms with E-state index < -0.39 is 0 Å². The summed E-state index contributed by atoms with van der Waals surface area (Å²) in [7, 11) is 0. The minimum absolute atomic E-state index is 0.0991. The van der Waals surface area contributed by atoms with E-state index in [4.69, 9.17) is 11.6 Å². The standard InChI is InChI=1S/C14H9ClN2O2S/c15-10-3-1-2-9(6-10)8-16-17-12-7-11(18)4-5-13(12)20-14(17)19/h1-8,18H/b16-8+. The fourth-order valence-electron chi connectivity index (χ4n) is 1.81. The van der Waals surface area contributed by atoms with Crippen molar-refractivity contribution in [3.05, 3.63) is 62.7 Å². The van der Waals surface area contributed by atoms with Gasteiger partial charge in [0.25, 0.3) is 0 Å². The Morgan fingerprint density at radius 2 is 2.10 bits per heavy atom. The second-order valence-corrected chi connectivity index (χ2v) is 5.56. The summed E-state index contributed by atoms with van der Waals surface area (Å²) in [6.45, 7) is 0. The van der Waals surface area contributed by atoms with E-state index in [9.17, 15) is 9.90 Å². The number of thiazole rings is 1. The topological polar surface area (TPSA) is 54.6 Å². The molecule has 0 aliphatic carbocycles. The lowest BCUT2D eigenvalue weighted by molar-refractivity contribution is 0.476. The summed E-state index contributed by atoms with van der Waals surface area (Å²) in [5.41, 5.74) is 1.38. The number of phenols is 1. The van der Waals surface area contributed by atoms with Crippen LogP contribution < -0.4 is 4.87 Å². The molecule has 0 spiro atoms. The van der Waals surface area contributed by atoms with Crippen LogP contribution in [0.15, 0.2) is 52.4 Å². The van der Waals surface area contributed by atoms with Crippen LogP contribution in [-0.2, 0) is 0 Å². The maximum absolute atomic E-state index is 11.9. The quantitative estimate of drug-likeness (QED) is 0.739. The van der Waals surface area contributed by atoms with E-state index in [1.54, 1.807) is 30.5 Å². The molecule has 4 nitrogen and oxygen atoms in total. The normalized spacial score (nSPS) is 11.4. The van der Waals surface area contributed by atoms with E-state index in [0.717, 1.165) is 21.6 Å². The highest BCUT2D eigenvalue weighted by atomic mass is 35.5. The van der Waals surface area contributed by atoms with Crippen molar-refractivity contribution < 1.29 is 5.11 Å². The Kier molecular flexibility index (Phi) is 3.30. The van der Waals surface area contributed by atoms with Crippen LogP contribution in [0.3, 0.4) is 0 Å². The van der Waals surface area contributed by atoms with Crippen LogP contribution in [0.5, 0.6) is 5.75 Å². The number of fused-ring (bicyclic) bond motifs is 1. The molecule has 3 rings (SSSR count). The first-order valence-corrected chi connectivity index (χ1v) is 6.97. The van der Waals surface area contributed by atoms with Crippen molar-refractivity contribution in [2.24, 2.45) is 5.10 Å². The van der Waals surface area contributed by atoms with Gasteiger partial charge >= 0.3 is 4.87 Å². The average Bonchev–Trinajstić information content (AvgIpc) is 2.72. The van der Waals surface area contributed by atoms with Gasteiger partial charge < -0.3 is 5.11 Å². The number of aromatic nitrogens is 1. The summed E-state index contributed by atoms with van der Waals surface area (Å²) in [6.07, 6.45) is 1.56. The number of benzene rings is 2. The zero-order valence-corrected chi connectivity index (χ0v) is 11.7. The molecule has 20 heavy (non-hydrogen) atoms. The van der Waals surface area contributed by atoms with Crippen molar-refractivity contribution in [1.82, 2.24) is 4.68 Å². The van der Waals surface area contributed by atoms with Crippen molar-refractivity contribution in [3.8, 4) is 5.75 Å². The van der Waals surface area contributed by atoms with Crippen molar-refractivity contribution in [3.63, 3.8) is 0 Å². The number of hydrogen-bond acceptors (Lipinski definition) is 4. The van der Waals surface area contributed by atoms with E-state index >= 15 is 0 Å². The molecule has 0 radical (unpaired) electrons. The number of halogens is 1. The monoisotopic (exact) mass is 304 g/mol. The molecule has 0 saturated heterocycles. The van der Waals surface area contributed by atoms with Crippen LogP contribution >= 0.6 is 22.9 Å². The summed E-state index contributed by atoms with van der Waals surface area (Å²) in [6, 6.07) is 11.9. The SMILES string of the molecule is O=c1sc2ccc(O)cc2n1/N=C/c1cccc(Cl)c1. The van der Waals surface area contributed by atoms with Crippen LogP contribution in [0, 0.1) is 0 Å². The van der Waals surface area contributed by atoms with Gasteiger partial charge in [-0.1, -0.05) is 35.1 Å². The summed E-state index contributed by atoms with van der Waals surface area (Å²) >= 11 is 6.97. The molecule has 0 unspecified atom stereocenters. The molecule has 0 fully saturated rings. The molecule has 100 valence electrons. The molecule has 0 aliphatic rings. The maximum atomic E-state index is 11.9. The van der Waals surface area contributed by atoms with Gasteiger partial charge in [-0.3, -0.25) is 4.79 Å². The predicted octanol–water partition coefficient (Wildman–Crippen LogP) is 3.30. The third-order valence-corrected chi connectivity index (χ3v) is 3.86. The zero-order chi connectivity index (χ0) is 14.1. The summed E-state index contributed by atoms with van der Waals surface area (Å²) < 4.78 is 2.04. The molecular weight excluding hydrogens is 296 g/mol. The lowest BCUT2D eigenvalue weighted by Gasteiger charge is -1.97. The molecule has 1 N–H and O–H groups in total. The fraction of sp³-hybridized carbons (Fsp3) is 0. The largest absolute Gasteiger partial charge is 0.508 e. The Bertz CT molecular complexity index is 867. The third kappa shape index (κ3) is 2.45. The summed E-state index contributed by atoms with van der Waals surface area (Å²) in [4.78, 5) is 11.7. The molecule has 0 amide bonds. The maximum Gasteiger partial charge on any atom is 0.328 e. The van der Waals surface area contributed by atoms with Gasteiger partial charge in [-0.25, -0.2) is 0 Å². The number of aromatic hydroxyl groups is 1. The van der Waals surface area contributed by atoms with E-state index in [2.05, 4.69) is 5.10 Å². The highest BCUT2D eigenvalue weighted by Crippen LogP contribution is 2.22. The Labute approximate surface area is 123 Å². The molecule has 2 aromatic carbocycles. The fourth-order valence-corrected chi connectivity index (χ4v) is 2.82. The number of nitrogens with zero attached hydrogens (tertiary/aromatic N) is 2. The van der Waals surface area contributed by atoms with Crippen molar-refractivity contribution in [2.75, 3.05) is 0 Å². The van der Waals surface area contributed by atoms with Gasteiger partial charge in [0.2, 0.25) is 0 Å². The minimum Gasteiger partial charge on any atom is -0.508 e. The van der Waals surface area contributed by atoms with Crippen LogP contribution in [0.2, 0.25) is 5.02 Å². The van der Waals surface area contributed by atoms with Crippen LogP contribution in [0.4, 0.5) is 0 Å². The van der Waals surface area contributed by atoms with Crippen LogP contribution in [0.25, 0.3) is 10.2 Å². The van der Waals surface area contributed by atoms with E-state index in [1.807, 2.05) is 12.1 Å². The molecule has 6 heteroatoms. The first-order valence-electron chi connectivity index (χ1n) is 5.78. The summed E-state index contributed by atoms with van der Waals surface area (Å²) in [5, 5.41) is 14.3. The van der Waals surface area contributed by atoms with Crippen molar-refractivity contribution in [1.29, 1.82) is 0 Å². The molecule has 3 aromatic rings. The first kappa shape index (κ1) is 12.9. The highest BCUT2D eigenvalue weighted by Gasteiger charge is 2.06. The van der Waals surface area contributed by atoms with Gasteiger partial charge in [0.15, 0.2) is 0 Å². The van der Waals surface area contributed by atoms with Gasteiger partial charge in [0.1, 0.15) is 5.75 Å². The van der Waals surface area contributed by atoms with Crippen LogP contribution in [-0.4, -0.2) is 16.0 Å². The third-order valence-electron chi connectivity index (χ3n) is 2.71. The van der Waals surface area contributed by atoms with E-state index in [0.29, 0.717) is 10.5 Å². The lowest BCUT2D eigenvalue weighted by atomic mass is 10.2. The first-order chi connectivity index (χ1) is 9.63. The molecule has 0 bridgehead atoms. The number of rotatable bonds is 2. The molecule has 1 heterocycles. The highest BCUT2D eigenvalue weighted by molar-refractivity contribution is 7.16. The zero-order valence-electron chi connectivity index (χ0n) is 10.2. The molecule has 0 aliphatic heterocycles. The average molecular weight is 305 g/mol. The Morgan fingerprint density at radius 3 is 2.90 bits per heavy atom. The van der Waals surface area contributed by atoms with Gasteiger partial charge in [0, 0.05) is 11.1 Å². The van der Waals surface area contributed by atoms with Crippen molar-refractivity contribution >= 4 is 39.4 Å². The lowest BCUT2D eigenvalue weighted by Crippen LogP contribution is -2.07. The minimum atomic E-state index is -0.205. The molecule has 0 saturated carbocycles. The second kappa shape index (κ2) is 5.11. The molecule has 0 atom stereocenters. The summed E-state index contributed by atoms with van der Waals surface area (Å²) in [5.74, 6) is 0.0991. The smallest absolute Gasteiger partial charge is 0.328 e. The van der Waals surface area contributed by atoms with Gasteiger partial charge in [-0.05, 0) is 29.8 Å². The van der Waals surface area contributed by atoms with E-state index in [-0.39, 0.29) is 10.6 Å². The number of hydrogen-bond donors (Lipinski definition) is 1. The molecule has 1 aromatic heterocycles. The van der Waals surface area contributed by atoms with Gasteiger partial charge in [-0.15, -0.1) is 0 Å². The number of phenolic OH excluding ortho intramolecular Hbond substituents is 1. The second-order valence-electron chi connectivity index (χ2n) is 4.13. The molecular formula is C14H9ClN2O2S. The van der Waals surface area contributed by atoms with Crippen LogP contribution in [0.1, 0.15) is 5.56 Å². The Hall–Kier alpha value is -2.11. The van der Waals surface area contributed by atoms with Gasteiger partial charge in [-0.2, -0.15) is 9.78 Å². The van der Waals surface area contributed by atoms with E-state index in [1.165, 1.54) is 10.7 Å². The van der Waals surface area contributed by atoms with Gasteiger partial charge in [0.05, 0.1) is 16.4 Å². The predicted molar refractivity (Wildman–Crippen MR) is 82.2 cm³/mol. The van der Waals surface area contributed by atoms with Crippen molar-refractivity contribution in [2.45, 2.75) is 0 Å². The Balaban J connectivity index is 2.08. The Morgan fingerprint density at radius 1 is 1.25 bits per heavy atom.